The standard InChI is InChI=1S/C23H32BFO5.2C2H6/c1-22(2,3)28-21(26)18-16(25)8-7-13(19(18)27-6)9-10-24-29-17-12-14-11-15(20(17)30-24)23(14,4)5;2*1-2/h7-8,14-15,17,20H,9-12H2,1-6H3;2*1-2H3. The van der Waals surface area contributed by atoms with Crippen LogP contribution in [0.2, 0.25) is 6.32 Å². The van der Waals surface area contributed by atoms with Crippen LogP contribution in [0.1, 0.15) is 91.1 Å². The molecule has 3 aliphatic carbocycles. The van der Waals surface area contributed by atoms with Crippen LogP contribution in [0, 0.1) is 23.1 Å². The van der Waals surface area contributed by atoms with Crippen molar-refractivity contribution in [1.82, 2.24) is 0 Å². The van der Waals surface area contributed by atoms with E-state index in [-0.39, 0.29) is 30.6 Å². The maximum Gasteiger partial charge on any atom is 0.457 e. The van der Waals surface area contributed by atoms with E-state index in [9.17, 15) is 9.18 Å². The van der Waals surface area contributed by atoms with Crippen LogP contribution >= 0.6 is 0 Å². The monoisotopic (exact) mass is 478 g/mol. The first-order valence-electron chi connectivity index (χ1n) is 12.9. The minimum absolute atomic E-state index is 0.158. The van der Waals surface area contributed by atoms with Crippen LogP contribution in [0.4, 0.5) is 4.39 Å². The summed E-state index contributed by atoms with van der Waals surface area (Å²) in [6, 6.07) is 2.95. The topological polar surface area (TPSA) is 54.0 Å². The molecule has 0 radical (unpaired) electrons. The van der Waals surface area contributed by atoms with Gasteiger partial charge in [-0.1, -0.05) is 47.6 Å². The van der Waals surface area contributed by atoms with Gasteiger partial charge in [-0.2, -0.15) is 0 Å². The van der Waals surface area contributed by atoms with Crippen molar-refractivity contribution < 1.29 is 28.0 Å². The second-order valence-electron chi connectivity index (χ2n) is 10.5. The number of hydrogen-bond acceptors (Lipinski definition) is 5. The van der Waals surface area contributed by atoms with E-state index in [4.69, 9.17) is 18.8 Å². The third kappa shape index (κ3) is 5.79. The zero-order valence-electron chi connectivity index (χ0n) is 22.8. The second kappa shape index (κ2) is 11.4. The minimum atomic E-state index is -0.722. The van der Waals surface area contributed by atoms with Gasteiger partial charge in [0.1, 0.15) is 22.7 Å². The second-order valence-corrected chi connectivity index (χ2v) is 10.5. The normalized spacial score (nSPS) is 26.1. The van der Waals surface area contributed by atoms with Gasteiger partial charge in [0.05, 0.1) is 19.3 Å². The lowest BCUT2D eigenvalue weighted by Gasteiger charge is -2.60. The molecule has 7 heteroatoms. The molecule has 1 saturated heterocycles. The Morgan fingerprint density at radius 1 is 1.15 bits per heavy atom. The summed E-state index contributed by atoms with van der Waals surface area (Å²) in [6.07, 6.45) is 3.82. The smallest absolute Gasteiger partial charge is 0.457 e. The Balaban J connectivity index is 0.000000970. The number of ether oxygens (including phenoxy) is 2. The molecule has 3 saturated carbocycles. The van der Waals surface area contributed by atoms with Crippen molar-refractivity contribution in [2.24, 2.45) is 17.3 Å². The first kappa shape index (κ1) is 28.6. The van der Waals surface area contributed by atoms with E-state index < -0.39 is 17.4 Å². The Bertz CT molecular complexity index is 835. The van der Waals surface area contributed by atoms with E-state index in [2.05, 4.69) is 13.8 Å². The summed E-state index contributed by atoms with van der Waals surface area (Å²) in [4.78, 5) is 12.6. The summed E-state index contributed by atoms with van der Waals surface area (Å²) in [6.45, 7) is 17.9. The predicted octanol–water partition coefficient (Wildman–Crippen LogP) is 6.72. The van der Waals surface area contributed by atoms with Crippen LogP contribution in [0.3, 0.4) is 0 Å². The molecule has 5 rings (SSSR count). The van der Waals surface area contributed by atoms with Crippen molar-refractivity contribution in [3.63, 3.8) is 0 Å². The fraction of sp³-hybridized carbons (Fsp3) is 0.741. The molecule has 4 unspecified atom stereocenters. The summed E-state index contributed by atoms with van der Waals surface area (Å²) in [7, 11) is 1.16. The highest BCUT2D eigenvalue weighted by molar-refractivity contribution is 6.45. The fourth-order valence-corrected chi connectivity index (χ4v) is 5.37. The van der Waals surface area contributed by atoms with Crippen molar-refractivity contribution in [2.75, 3.05) is 7.11 Å². The predicted molar refractivity (Wildman–Crippen MR) is 135 cm³/mol. The first-order chi connectivity index (χ1) is 16.0. The van der Waals surface area contributed by atoms with Crippen LogP contribution in [0.5, 0.6) is 5.75 Å². The summed E-state index contributed by atoms with van der Waals surface area (Å²) in [5, 5.41) is 0. The highest BCUT2D eigenvalue weighted by Gasteiger charge is 2.61. The van der Waals surface area contributed by atoms with E-state index in [1.54, 1.807) is 26.8 Å². The van der Waals surface area contributed by atoms with Gasteiger partial charge in [-0.05, 0) is 75.2 Å². The number of rotatable bonds is 5. The largest absolute Gasteiger partial charge is 0.495 e. The molecule has 4 fully saturated rings. The van der Waals surface area contributed by atoms with Crippen LogP contribution in [-0.4, -0.2) is 38.0 Å². The van der Waals surface area contributed by atoms with Crippen molar-refractivity contribution in [3.05, 3.63) is 29.1 Å². The molecule has 0 aromatic heterocycles. The van der Waals surface area contributed by atoms with Gasteiger partial charge in [-0.3, -0.25) is 0 Å². The number of esters is 1. The summed E-state index contributed by atoms with van der Waals surface area (Å²) >= 11 is 0. The van der Waals surface area contributed by atoms with Gasteiger partial charge >= 0.3 is 13.1 Å². The van der Waals surface area contributed by atoms with Crippen LogP contribution in [-0.2, 0) is 20.5 Å². The van der Waals surface area contributed by atoms with Gasteiger partial charge in [-0.25, -0.2) is 9.18 Å². The van der Waals surface area contributed by atoms with Crippen molar-refractivity contribution in [1.29, 1.82) is 0 Å². The molecule has 1 aliphatic heterocycles. The molecule has 1 heterocycles. The van der Waals surface area contributed by atoms with Gasteiger partial charge < -0.3 is 18.8 Å². The van der Waals surface area contributed by atoms with Gasteiger partial charge in [-0.15, -0.1) is 0 Å². The molecule has 1 aromatic carbocycles. The molecular formula is C27H44BFO5. The highest BCUT2D eigenvalue weighted by atomic mass is 19.1. The molecule has 192 valence electrons. The number of aryl methyl sites for hydroxylation is 1. The summed E-state index contributed by atoms with van der Waals surface area (Å²) in [5.74, 6) is 0.138. The SMILES string of the molecule is CC.CC.COc1c(CCB2OC3CC4CC(C3O2)C4(C)C)ccc(F)c1C(=O)OC(C)(C)C. The Hall–Kier alpha value is -1.60. The molecule has 4 aliphatic rings. The average molecular weight is 478 g/mol. The quantitative estimate of drug-likeness (QED) is 0.347. The number of carbonyl (C=O) groups is 1. The van der Waals surface area contributed by atoms with E-state index in [1.165, 1.54) is 19.6 Å². The Labute approximate surface area is 206 Å². The van der Waals surface area contributed by atoms with Crippen molar-refractivity contribution in [2.45, 2.75) is 106 Å². The third-order valence-corrected chi connectivity index (χ3v) is 7.11. The Kier molecular flexibility index (Phi) is 9.63. The lowest BCUT2D eigenvalue weighted by Crippen LogP contribution is -2.59. The third-order valence-electron chi connectivity index (χ3n) is 7.11. The Morgan fingerprint density at radius 3 is 2.35 bits per heavy atom. The van der Waals surface area contributed by atoms with Gasteiger partial charge in [0.2, 0.25) is 0 Å². The summed E-state index contributed by atoms with van der Waals surface area (Å²) < 4.78 is 37.8. The molecule has 4 atom stereocenters. The molecule has 1 aromatic rings. The highest BCUT2D eigenvalue weighted by Crippen LogP contribution is 2.61. The number of halogens is 1. The molecule has 5 nitrogen and oxygen atoms in total. The van der Waals surface area contributed by atoms with Crippen molar-refractivity contribution >= 4 is 13.1 Å². The first-order valence-corrected chi connectivity index (χ1v) is 12.9. The Morgan fingerprint density at radius 2 is 1.79 bits per heavy atom. The van der Waals surface area contributed by atoms with Gasteiger partial charge in [0.25, 0.3) is 0 Å². The summed E-state index contributed by atoms with van der Waals surface area (Å²) in [5.41, 5.74) is 0.198. The van der Waals surface area contributed by atoms with Crippen LogP contribution in [0.15, 0.2) is 12.1 Å². The molecular weight excluding hydrogens is 434 g/mol. The maximum atomic E-state index is 14.5. The molecule has 0 amide bonds. The van der Waals surface area contributed by atoms with Crippen LogP contribution in [0.25, 0.3) is 0 Å². The van der Waals surface area contributed by atoms with E-state index in [0.29, 0.717) is 24.1 Å². The number of methoxy groups -OCH3 is 1. The molecule has 34 heavy (non-hydrogen) atoms. The van der Waals surface area contributed by atoms with Crippen LogP contribution < -0.4 is 4.74 Å². The fourth-order valence-electron chi connectivity index (χ4n) is 5.37. The van der Waals surface area contributed by atoms with E-state index in [1.807, 2.05) is 27.7 Å². The number of carbonyl (C=O) groups excluding carboxylic acids is 1. The molecule has 0 N–H and O–H groups in total. The van der Waals surface area contributed by atoms with E-state index in [0.717, 1.165) is 17.9 Å². The number of hydrogen-bond donors (Lipinski definition) is 0. The molecule has 2 bridgehead atoms. The van der Waals surface area contributed by atoms with Crippen molar-refractivity contribution in [3.8, 4) is 5.75 Å². The van der Waals surface area contributed by atoms with E-state index >= 15 is 0 Å². The number of benzene rings is 1. The van der Waals surface area contributed by atoms with Gasteiger partial charge in [0, 0.05) is 0 Å². The average Bonchev–Trinajstić information content (AvgIpc) is 3.22. The molecule has 0 spiro atoms. The lowest BCUT2D eigenvalue weighted by molar-refractivity contribution is -0.150. The minimum Gasteiger partial charge on any atom is -0.495 e. The lowest BCUT2D eigenvalue weighted by atomic mass is 9.47. The zero-order valence-corrected chi connectivity index (χ0v) is 22.8. The maximum absolute atomic E-state index is 14.5. The zero-order chi connectivity index (χ0) is 25.8. The van der Waals surface area contributed by atoms with Gasteiger partial charge in [0.15, 0.2) is 0 Å².